The number of hydrogen-bond acceptors (Lipinski definition) is 5. The van der Waals surface area contributed by atoms with Gasteiger partial charge >= 0.3 is 0 Å². The van der Waals surface area contributed by atoms with E-state index in [0.717, 1.165) is 28.1 Å². The van der Waals surface area contributed by atoms with E-state index in [1.165, 1.54) is 0 Å². The predicted octanol–water partition coefficient (Wildman–Crippen LogP) is 3.94. The molecule has 3 aromatic rings. The third-order valence-corrected chi connectivity index (χ3v) is 5.08. The van der Waals surface area contributed by atoms with Crippen molar-refractivity contribution < 1.29 is 9.32 Å². The summed E-state index contributed by atoms with van der Waals surface area (Å²) >= 11 is 0. The van der Waals surface area contributed by atoms with Crippen LogP contribution < -0.4 is 9.80 Å². The minimum atomic E-state index is -0.0874. The molecule has 1 aliphatic heterocycles. The monoisotopic (exact) mass is 376 g/mol. The van der Waals surface area contributed by atoms with Crippen molar-refractivity contribution in [3.05, 3.63) is 59.5 Å². The highest BCUT2D eigenvalue weighted by Crippen LogP contribution is 2.33. The van der Waals surface area contributed by atoms with E-state index in [1.807, 2.05) is 74.1 Å². The summed E-state index contributed by atoms with van der Waals surface area (Å²) in [4.78, 5) is 21.0. The van der Waals surface area contributed by atoms with E-state index >= 15 is 0 Å². The summed E-state index contributed by atoms with van der Waals surface area (Å²) in [5.41, 5.74) is 5.23. The van der Waals surface area contributed by atoms with Crippen LogP contribution in [0.1, 0.15) is 29.4 Å². The molecule has 1 aromatic heterocycles. The van der Waals surface area contributed by atoms with Gasteiger partial charge in [-0.1, -0.05) is 11.2 Å². The van der Waals surface area contributed by atoms with Crippen LogP contribution in [-0.2, 0) is 4.79 Å². The fourth-order valence-electron chi connectivity index (χ4n) is 3.66. The molecule has 4 rings (SSSR count). The molecule has 6 heteroatoms. The Bertz CT molecular complexity index is 987. The Morgan fingerprint density at radius 3 is 2.39 bits per heavy atom. The topological polar surface area (TPSA) is 62.5 Å². The van der Waals surface area contributed by atoms with Crippen LogP contribution in [0.4, 0.5) is 11.4 Å². The zero-order valence-electron chi connectivity index (χ0n) is 16.6. The predicted molar refractivity (Wildman–Crippen MR) is 110 cm³/mol. The molecule has 1 fully saturated rings. The van der Waals surface area contributed by atoms with E-state index in [2.05, 4.69) is 16.2 Å². The summed E-state index contributed by atoms with van der Waals surface area (Å²) in [6.45, 7) is 4.64. The van der Waals surface area contributed by atoms with Gasteiger partial charge in [0, 0.05) is 44.0 Å². The Hall–Kier alpha value is -3.15. The molecule has 144 valence electrons. The first kappa shape index (κ1) is 18.2. The number of aromatic nitrogens is 2. The number of carbonyl (C=O) groups excluding carboxylic acids is 1. The quantitative estimate of drug-likeness (QED) is 0.690. The Kier molecular flexibility index (Phi) is 4.63. The smallest absolute Gasteiger partial charge is 0.232 e. The molecule has 28 heavy (non-hydrogen) atoms. The molecular weight excluding hydrogens is 352 g/mol. The van der Waals surface area contributed by atoms with Crippen LogP contribution in [0.2, 0.25) is 0 Å². The first-order valence-corrected chi connectivity index (χ1v) is 9.41. The van der Waals surface area contributed by atoms with Gasteiger partial charge in [0.15, 0.2) is 0 Å². The van der Waals surface area contributed by atoms with E-state index in [-0.39, 0.29) is 11.8 Å². The normalized spacial score (nSPS) is 16.6. The minimum Gasteiger partial charge on any atom is -0.378 e. The number of anilines is 2. The summed E-state index contributed by atoms with van der Waals surface area (Å²) in [7, 11) is 4.00. The van der Waals surface area contributed by atoms with Crippen molar-refractivity contribution in [3.63, 3.8) is 0 Å². The summed E-state index contributed by atoms with van der Waals surface area (Å²) in [5, 5.41) is 4.13. The molecule has 2 heterocycles. The summed E-state index contributed by atoms with van der Waals surface area (Å²) in [6, 6.07) is 14.2. The molecule has 1 atom stereocenters. The number of benzene rings is 2. The van der Waals surface area contributed by atoms with E-state index in [0.29, 0.717) is 24.7 Å². The molecule has 0 bridgehead atoms. The van der Waals surface area contributed by atoms with Gasteiger partial charge in [0.1, 0.15) is 0 Å². The van der Waals surface area contributed by atoms with E-state index in [1.54, 1.807) is 0 Å². The lowest BCUT2D eigenvalue weighted by Crippen LogP contribution is -2.24. The minimum absolute atomic E-state index is 0.0874. The highest BCUT2D eigenvalue weighted by Gasteiger charge is 2.35. The second kappa shape index (κ2) is 7.11. The third kappa shape index (κ3) is 3.50. The average molecular weight is 376 g/mol. The second-order valence-electron chi connectivity index (χ2n) is 7.65. The number of rotatable bonds is 4. The van der Waals surface area contributed by atoms with Gasteiger partial charge in [-0.25, -0.2) is 0 Å². The molecule has 2 aromatic carbocycles. The highest BCUT2D eigenvalue weighted by atomic mass is 16.5. The van der Waals surface area contributed by atoms with Gasteiger partial charge in [-0.05, 0) is 61.4 Å². The van der Waals surface area contributed by atoms with Gasteiger partial charge in [-0.3, -0.25) is 4.79 Å². The van der Waals surface area contributed by atoms with Crippen molar-refractivity contribution in [1.29, 1.82) is 0 Å². The van der Waals surface area contributed by atoms with Crippen molar-refractivity contribution >= 4 is 17.3 Å². The first-order valence-electron chi connectivity index (χ1n) is 9.41. The molecule has 6 nitrogen and oxygen atoms in total. The zero-order valence-corrected chi connectivity index (χ0v) is 16.6. The highest BCUT2D eigenvalue weighted by molar-refractivity contribution is 5.96. The standard InChI is InChI=1S/C22H24N4O2/c1-14-9-15(2)11-19(10-14)26-13-17(12-20(26)27)22-23-21(24-28-22)16-5-7-18(8-6-16)25(3)4/h5-11,17H,12-13H2,1-4H3/t17-/m0/s1. The maximum Gasteiger partial charge on any atom is 0.232 e. The maximum atomic E-state index is 12.6. The van der Waals surface area contributed by atoms with Crippen LogP contribution >= 0.6 is 0 Å². The van der Waals surface area contributed by atoms with Crippen molar-refractivity contribution in [2.24, 2.45) is 0 Å². The lowest BCUT2D eigenvalue weighted by molar-refractivity contribution is -0.117. The molecule has 0 aliphatic carbocycles. The largest absolute Gasteiger partial charge is 0.378 e. The molecule has 0 unspecified atom stereocenters. The molecule has 1 saturated heterocycles. The molecule has 0 radical (unpaired) electrons. The lowest BCUT2D eigenvalue weighted by atomic mass is 10.1. The van der Waals surface area contributed by atoms with Gasteiger partial charge in [0.05, 0.1) is 5.92 Å². The van der Waals surface area contributed by atoms with Crippen molar-refractivity contribution in [2.75, 3.05) is 30.4 Å². The molecule has 1 amide bonds. The number of aryl methyl sites for hydroxylation is 2. The van der Waals surface area contributed by atoms with E-state index in [9.17, 15) is 4.79 Å². The average Bonchev–Trinajstić information content (AvgIpc) is 3.28. The summed E-state index contributed by atoms with van der Waals surface area (Å²) < 4.78 is 5.51. The number of amides is 1. The van der Waals surface area contributed by atoms with Crippen LogP contribution in [-0.4, -0.2) is 36.7 Å². The molecular formula is C22H24N4O2. The zero-order chi connectivity index (χ0) is 19.8. The third-order valence-electron chi connectivity index (χ3n) is 5.08. The van der Waals surface area contributed by atoms with Crippen LogP contribution in [0.25, 0.3) is 11.4 Å². The second-order valence-corrected chi connectivity index (χ2v) is 7.65. The Morgan fingerprint density at radius 2 is 1.75 bits per heavy atom. The first-order chi connectivity index (χ1) is 13.4. The summed E-state index contributed by atoms with van der Waals surface area (Å²) in [5.74, 6) is 1.07. The molecule has 1 aliphatic rings. The van der Waals surface area contributed by atoms with Crippen molar-refractivity contribution in [2.45, 2.75) is 26.2 Å². The molecule has 0 spiro atoms. The van der Waals surface area contributed by atoms with Gasteiger partial charge < -0.3 is 14.3 Å². The van der Waals surface area contributed by atoms with Crippen LogP contribution in [0.3, 0.4) is 0 Å². The van der Waals surface area contributed by atoms with Crippen LogP contribution in [0.15, 0.2) is 47.0 Å². The fraction of sp³-hybridized carbons (Fsp3) is 0.318. The number of nitrogens with zero attached hydrogens (tertiary/aromatic N) is 4. The van der Waals surface area contributed by atoms with Gasteiger partial charge in [-0.15, -0.1) is 0 Å². The molecule has 0 saturated carbocycles. The Morgan fingerprint density at radius 1 is 1.07 bits per heavy atom. The van der Waals surface area contributed by atoms with Crippen LogP contribution in [0, 0.1) is 13.8 Å². The maximum absolute atomic E-state index is 12.6. The van der Waals surface area contributed by atoms with Gasteiger partial charge in [0.2, 0.25) is 17.6 Å². The Balaban J connectivity index is 1.53. The fourth-order valence-corrected chi connectivity index (χ4v) is 3.66. The van der Waals surface area contributed by atoms with Gasteiger partial charge in [0.25, 0.3) is 0 Å². The summed E-state index contributed by atoms with van der Waals surface area (Å²) in [6.07, 6.45) is 0.383. The SMILES string of the molecule is Cc1cc(C)cc(N2C[C@@H](c3nc(-c4ccc(N(C)C)cc4)no3)CC2=O)c1. The van der Waals surface area contributed by atoms with Crippen LogP contribution in [0.5, 0.6) is 0 Å². The lowest BCUT2D eigenvalue weighted by Gasteiger charge is -2.17. The number of hydrogen-bond donors (Lipinski definition) is 0. The van der Waals surface area contributed by atoms with E-state index in [4.69, 9.17) is 4.52 Å². The van der Waals surface area contributed by atoms with E-state index < -0.39 is 0 Å². The molecule has 0 N–H and O–H groups in total. The van der Waals surface area contributed by atoms with Crippen molar-refractivity contribution in [3.8, 4) is 11.4 Å². The Labute approximate surface area is 164 Å². The van der Waals surface area contributed by atoms with Gasteiger partial charge in [-0.2, -0.15) is 4.98 Å². The van der Waals surface area contributed by atoms with Crippen molar-refractivity contribution in [1.82, 2.24) is 10.1 Å². The number of carbonyl (C=O) groups is 1.